The van der Waals surface area contributed by atoms with Gasteiger partial charge in [-0.25, -0.2) is 4.79 Å². The molecule has 0 radical (unpaired) electrons. The minimum absolute atomic E-state index is 0.178. The van der Waals surface area contributed by atoms with Crippen molar-refractivity contribution in [3.8, 4) is 16.2 Å². The number of nitrogens with zero attached hydrogens (tertiary/aromatic N) is 2. The number of oxime groups is 1. The Kier molecular flexibility index (Phi) is 3.99. The van der Waals surface area contributed by atoms with Crippen LogP contribution in [0.5, 0.6) is 5.75 Å². The molecule has 2 heterocycles. The van der Waals surface area contributed by atoms with Crippen molar-refractivity contribution in [3.63, 3.8) is 0 Å². The molecule has 0 aliphatic heterocycles. The van der Waals surface area contributed by atoms with Crippen LogP contribution in [0.25, 0.3) is 21.3 Å². The number of hydrogen-bond donors (Lipinski definition) is 2. The van der Waals surface area contributed by atoms with E-state index in [9.17, 15) is 14.7 Å². The summed E-state index contributed by atoms with van der Waals surface area (Å²) in [5.74, 6) is -0.634. The molecule has 5 rings (SSSR count). The van der Waals surface area contributed by atoms with E-state index < -0.39 is 11.4 Å². The van der Waals surface area contributed by atoms with Crippen LogP contribution in [0.4, 0.5) is 0 Å². The standard InChI is InChI=1S/C21H18N2O5S/c1-28-20-13(17-7-10-6-11(22-27)8-16(10)29-17)4-5-14-18(20)23(12-2-3-12)9-15(19(14)24)21(25)26/h4-5,7,9,12,27H,2-3,6,8H2,1H3,(H,25,26)/b22-11-. The summed E-state index contributed by atoms with van der Waals surface area (Å²) in [6.45, 7) is 0. The Hall–Kier alpha value is -3.13. The van der Waals surface area contributed by atoms with Gasteiger partial charge in [0.1, 0.15) is 5.56 Å². The molecular weight excluding hydrogens is 392 g/mol. The molecule has 3 aromatic rings. The monoisotopic (exact) mass is 410 g/mol. The van der Waals surface area contributed by atoms with Crippen LogP contribution >= 0.6 is 11.3 Å². The van der Waals surface area contributed by atoms with Crippen molar-refractivity contribution in [2.24, 2.45) is 5.16 Å². The van der Waals surface area contributed by atoms with E-state index in [4.69, 9.17) is 9.94 Å². The van der Waals surface area contributed by atoms with E-state index in [0.29, 0.717) is 29.5 Å². The number of carboxylic acid groups (broad SMARTS) is 1. The Morgan fingerprint density at radius 3 is 2.72 bits per heavy atom. The summed E-state index contributed by atoms with van der Waals surface area (Å²) >= 11 is 1.62. The van der Waals surface area contributed by atoms with Gasteiger partial charge in [0.25, 0.3) is 0 Å². The zero-order chi connectivity index (χ0) is 20.3. The van der Waals surface area contributed by atoms with Crippen LogP contribution in [0.1, 0.15) is 39.7 Å². The summed E-state index contributed by atoms with van der Waals surface area (Å²) in [7, 11) is 1.57. The number of carbonyl (C=O) groups is 1. The smallest absolute Gasteiger partial charge is 0.341 e. The fourth-order valence-electron chi connectivity index (χ4n) is 4.05. The zero-order valence-electron chi connectivity index (χ0n) is 15.6. The van der Waals surface area contributed by atoms with Crippen molar-refractivity contribution >= 4 is 33.9 Å². The van der Waals surface area contributed by atoms with E-state index in [1.165, 1.54) is 6.20 Å². The molecule has 0 amide bonds. The highest BCUT2D eigenvalue weighted by molar-refractivity contribution is 7.16. The van der Waals surface area contributed by atoms with Crippen LogP contribution in [0, 0.1) is 0 Å². The maximum atomic E-state index is 12.8. The number of pyridine rings is 1. The SMILES string of the molecule is COc1c(-c2cc3c(s2)C/C(=N\O)C3)ccc2c(=O)c(C(=O)O)cn(C3CC3)c12. The lowest BCUT2D eigenvalue weighted by Crippen LogP contribution is -2.19. The molecular formula is C21H18N2O5S. The molecule has 0 unspecified atom stereocenters. The van der Waals surface area contributed by atoms with Crippen LogP contribution in [0.15, 0.2) is 34.3 Å². The molecule has 29 heavy (non-hydrogen) atoms. The Bertz CT molecular complexity index is 1240. The summed E-state index contributed by atoms with van der Waals surface area (Å²) in [6, 6.07) is 5.78. The highest BCUT2D eigenvalue weighted by Gasteiger charge is 2.30. The summed E-state index contributed by atoms with van der Waals surface area (Å²) in [5, 5.41) is 22.2. The van der Waals surface area contributed by atoms with Gasteiger partial charge in [-0.05, 0) is 36.6 Å². The van der Waals surface area contributed by atoms with E-state index in [1.54, 1.807) is 24.5 Å². The molecule has 1 aromatic carbocycles. The van der Waals surface area contributed by atoms with Gasteiger partial charge in [0.05, 0.1) is 23.7 Å². The van der Waals surface area contributed by atoms with Gasteiger partial charge in [0.15, 0.2) is 5.75 Å². The van der Waals surface area contributed by atoms with E-state index in [0.717, 1.165) is 39.4 Å². The number of fused-ring (bicyclic) bond motifs is 2. The first-order valence-electron chi connectivity index (χ1n) is 9.32. The summed E-state index contributed by atoms with van der Waals surface area (Å²) < 4.78 is 7.66. The molecule has 0 saturated heterocycles. The highest BCUT2D eigenvalue weighted by Crippen LogP contribution is 2.45. The lowest BCUT2D eigenvalue weighted by Gasteiger charge is -2.17. The van der Waals surface area contributed by atoms with Gasteiger partial charge < -0.3 is 19.6 Å². The number of rotatable bonds is 4. The molecule has 2 aromatic heterocycles. The molecule has 0 atom stereocenters. The van der Waals surface area contributed by atoms with Gasteiger partial charge >= 0.3 is 5.97 Å². The maximum absolute atomic E-state index is 12.8. The van der Waals surface area contributed by atoms with E-state index in [1.807, 2.05) is 10.6 Å². The molecule has 1 fully saturated rings. The fourth-order valence-corrected chi connectivity index (χ4v) is 5.29. The first-order valence-corrected chi connectivity index (χ1v) is 10.1. The van der Waals surface area contributed by atoms with Crippen LogP contribution < -0.4 is 10.2 Å². The van der Waals surface area contributed by atoms with E-state index in [2.05, 4.69) is 11.2 Å². The third-order valence-corrected chi connectivity index (χ3v) is 6.80. The lowest BCUT2D eigenvalue weighted by atomic mass is 10.0. The van der Waals surface area contributed by atoms with Gasteiger partial charge in [-0.15, -0.1) is 11.3 Å². The second-order valence-corrected chi connectivity index (χ2v) is 8.57. The Balaban J connectivity index is 1.75. The molecule has 148 valence electrons. The minimum Gasteiger partial charge on any atom is -0.494 e. The fraction of sp³-hybridized carbons (Fsp3) is 0.286. The summed E-state index contributed by atoms with van der Waals surface area (Å²) in [4.78, 5) is 26.5. The molecule has 8 heteroatoms. The number of methoxy groups -OCH3 is 1. The van der Waals surface area contributed by atoms with Crippen LogP contribution in [-0.2, 0) is 12.8 Å². The predicted octanol–water partition coefficient (Wildman–Crippen LogP) is 3.70. The first kappa shape index (κ1) is 17.9. The number of carboxylic acids is 1. The van der Waals surface area contributed by atoms with Crippen LogP contribution in [0.3, 0.4) is 0 Å². The molecule has 2 aliphatic rings. The molecule has 7 nitrogen and oxygen atoms in total. The number of aromatic carboxylic acids is 1. The van der Waals surface area contributed by atoms with E-state index >= 15 is 0 Å². The van der Waals surface area contributed by atoms with Crippen molar-refractivity contribution < 1.29 is 19.8 Å². The number of aromatic nitrogens is 1. The third kappa shape index (κ3) is 2.74. The third-order valence-electron chi connectivity index (χ3n) is 5.58. The second-order valence-electron chi connectivity index (χ2n) is 7.44. The van der Waals surface area contributed by atoms with E-state index in [-0.39, 0.29) is 11.6 Å². The number of ether oxygens (including phenoxy) is 1. The average molecular weight is 410 g/mol. The van der Waals surface area contributed by atoms with Gasteiger partial charge in [0, 0.05) is 40.4 Å². The average Bonchev–Trinajstić information content (AvgIpc) is 3.36. The minimum atomic E-state index is -1.22. The van der Waals surface area contributed by atoms with Crippen molar-refractivity contribution in [1.29, 1.82) is 0 Å². The van der Waals surface area contributed by atoms with Gasteiger partial charge in [-0.1, -0.05) is 5.16 Å². The Morgan fingerprint density at radius 2 is 2.10 bits per heavy atom. The van der Waals surface area contributed by atoms with Crippen molar-refractivity contribution in [1.82, 2.24) is 4.57 Å². The predicted molar refractivity (Wildman–Crippen MR) is 110 cm³/mol. The molecule has 2 N–H and O–H groups in total. The zero-order valence-corrected chi connectivity index (χ0v) is 16.5. The highest BCUT2D eigenvalue weighted by atomic mass is 32.1. The molecule has 0 bridgehead atoms. The largest absolute Gasteiger partial charge is 0.494 e. The second kappa shape index (κ2) is 6.45. The lowest BCUT2D eigenvalue weighted by molar-refractivity contribution is 0.0695. The van der Waals surface area contributed by atoms with Gasteiger partial charge in [-0.2, -0.15) is 0 Å². The number of hydrogen-bond acceptors (Lipinski definition) is 6. The molecule has 0 spiro atoms. The summed E-state index contributed by atoms with van der Waals surface area (Å²) in [5.41, 5.74) is 2.71. The first-order chi connectivity index (χ1) is 14.0. The normalized spacial score (nSPS) is 17.1. The maximum Gasteiger partial charge on any atom is 0.341 e. The number of thiophene rings is 1. The van der Waals surface area contributed by atoms with Crippen molar-refractivity contribution in [3.05, 3.63) is 50.6 Å². The topological polar surface area (TPSA) is 101 Å². The van der Waals surface area contributed by atoms with Crippen LogP contribution in [0.2, 0.25) is 0 Å². The van der Waals surface area contributed by atoms with Gasteiger partial charge in [0.2, 0.25) is 5.43 Å². The van der Waals surface area contributed by atoms with Crippen molar-refractivity contribution in [2.75, 3.05) is 7.11 Å². The quantitative estimate of drug-likeness (QED) is 0.504. The molecule has 1 saturated carbocycles. The molecule has 2 aliphatic carbocycles. The number of benzene rings is 1. The van der Waals surface area contributed by atoms with Crippen LogP contribution in [-0.4, -0.2) is 33.7 Å². The Morgan fingerprint density at radius 1 is 1.31 bits per heavy atom. The van der Waals surface area contributed by atoms with Gasteiger partial charge in [-0.3, -0.25) is 4.79 Å². The van der Waals surface area contributed by atoms with Crippen molar-refractivity contribution in [2.45, 2.75) is 31.7 Å². The Labute approximate surface area is 169 Å². The summed E-state index contributed by atoms with van der Waals surface area (Å²) in [6.07, 6.45) is 4.62.